The summed E-state index contributed by atoms with van der Waals surface area (Å²) in [7, 11) is 1.62. The summed E-state index contributed by atoms with van der Waals surface area (Å²) in [5.41, 5.74) is 7.17. The number of nitrogens with one attached hydrogen (secondary N) is 1. The van der Waals surface area contributed by atoms with E-state index >= 15 is 0 Å². The summed E-state index contributed by atoms with van der Waals surface area (Å²) in [6, 6.07) is 5.48. The highest BCUT2D eigenvalue weighted by atomic mass is 16.5. The molecular formula is C12H20N2O2. The summed E-state index contributed by atoms with van der Waals surface area (Å²) in [6.07, 6.45) is 0.656. The van der Waals surface area contributed by atoms with Gasteiger partial charge in [0.1, 0.15) is 5.75 Å². The third-order valence-corrected chi connectivity index (χ3v) is 2.47. The fourth-order valence-electron chi connectivity index (χ4n) is 1.48. The molecule has 0 aliphatic carbocycles. The van der Waals surface area contributed by atoms with Crippen molar-refractivity contribution in [3.8, 4) is 5.75 Å². The summed E-state index contributed by atoms with van der Waals surface area (Å²) in [5.74, 6) is 0.761. The molecule has 1 aromatic rings. The van der Waals surface area contributed by atoms with Gasteiger partial charge in [-0.05, 0) is 32.4 Å². The van der Waals surface area contributed by atoms with E-state index in [-0.39, 0.29) is 12.1 Å². The van der Waals surface area contributed by atoms with Gasteiger partial charge in [0.2, 0.25) is 0 Å². The lowest BCUT2D eigenvalue weighted by atomic mass is 10.0. The highest BCUT2D eigenvalue weighted by molar-refractivity contribution is 5.69. The number of aliphatic hydroxyl groups is 1. The van der Waals surface area contributed by atoms with Gasteiger partial charge in [0.25, 0.3) is 0 Å². The number of rotatable bonds is 5. The molecule has 0 aliphatic heterocycles. The van der Waals surface area contributed by atoms with E-state index in [1.807, 2.05) is 26.0 Å². The fourth-order valence-corrected chi connectivity index (χ4v) is 1.48. The molecule has 0 radical (unpaired) electrons. The molecule has 0 spiro atoms. The highest BCUT2D eigenvalue weighted by Gasteiger charge is 2.17. The van der Waals surface area contributed by atoms with Crippen LogP contribution in [0.4, 0.5) is 11.4 Å². The molecule has 1 aromatic carbocycles. The topological polar surface area (TPSA) is 67.5 Å². The molecule has 0 fully saturated rings. The lowest BCUT2D eigenvalue weighted by Crippen LogP contribution is -2.32. The first-order valence-corrected chi connectivity index (χ1v) is 5.31. The molecule has 0 atom stereocenters. The van der Waals surface area contributed by atoms with E-state index in [1.165, 1.54) is 0 Å². The van der Waals surface area contributed by atoms with Crippen LogP contribution in [0.15, 0.2) is 18.2 Å². The fraction of sp³-hybridized carbons (Fsp3) is 0.500. The summed E-state index contributed by atoms with van der Waals surface area (Å²) in [4.78, 5) is 0. The molecule has 90 valence electrons. The lowest BCUT2D eigenvalue weighted by molar-refractivity contribution is 0.261. The van der Waals surface area contributed by atoms with Crippen molar-refractivity contribution >= 4 is 11.4 Å². The molecule has 0 unspecified atom stereocenters. The first-order valence-electron chi connectivity index (χ1n) is 5.31. The molecule has 1 rings (SSSR count). The van der Waals surface area contributed by atoms with Gasteiger partial charge in [0.15, 0.2) is 0 Å². The second kappa shape index (κ2) is 5.07. The van der Waals surface area contributed by atoms with Crippen LogP contribution < -0.4 is 15.8 Å². The van der Waals surface area contributed by atoms with Crippen molar-refractivity contribution in [1.29, 1.82) is 0 Å². The van der Waals surface area contributed by atoms with Gasteiger partial charge in [0, 0.05) is 18.2 Å². The van der Waals surface area contributed by atoms with Crippen molar-refractivity contribution in [2.24, 2.45) is 0 Å². The van der Waals surface area contributed by atoms with Crippen LogP contribution in [0.25, 0.3) is 0 Å². The predicted molar refractivity (Wildman–Crippen MR) is 66.8 cm³/mol. The minimum Gasteiger partial charge on any atom is -0.497 e. The van der Waals surface area contributed by atoms with Crippen LogP contribution in [-0.4, -0.2) is 24.4 Å². The average molecular weight is 224 g/mol. The van der Waals surface area contributed by atoms with Crippen molar-refractivity contribution < 1.29 is 9.84 Å². The van der Waals surface area contributed by atoms with Gasteiger partial charge in [-0.3, -0.25) is 0 Å². The van der Waals surface area contributed by atoms with E-state index in [4.69, 9.17) is 15.6 Å². The molecule has 0 amide bonds. The summed E-state index contributed by atoms with van der Waals surface area (Å²) in [6.45, 7) is 4.17. The van der Waals surface area contributed by atoms with Crippen LogP contribution in [0.5, 0.6) is 5.75 Å². The zero-order valence-corrected chi connectivity index (χ0v) is 10.1. The van der Waals surface area contributed by atoms with E-state index < -0.39 is 0 Å². The number of anilines is 2. The quantitative estimate of drug-likeness (QED) is 0.668. The average Bonchev–Trinajstić information content (AvgIpc) is 2.21. The molecule has 16 heavy (non-hydrogen) atoms. The minimum absolute atomic E-state index is 0.143. The van der Waals surface area contributed by atoms with Crippen molar-refractivity contribution in [3.63, 3.8) is 0 Å². The van der Waals surface area contributed by atoms with E-state index in [1.54, 1.807) is 13.2 Å². The molecule has 0 aliphatic rings. The molecule has 0 bridgehead atoms. The zero-order chi connectivity index (χ0) is 12.2. The van der Waals surface area contributed by atoms with Gasteiger partial charge < -0.3 is 20.9 Å². The van der Waals surface area contributed by atoms with Gasteiger partial charge in [-0.1, -0.05) is 0 Å². The van der Waals surface area contributed by atoms with Gasteiger partial charge >= 0.3 is 0 Å². The van der Waals surface area contributed by atoms with Gasteiger partial charge in [-0.25, -0.2) is 0 Å². The Morgan fingerprint density at radius 1 is 1.44 bits per heavy atom. The van der Waals surface area contributed by atoms with Crippen molar-refractivity contribution in [2.75, 3.05) is 24.8 Å². The normalized spacial score (nSPS) is 11.2. The summed E-state index contributed by atoms with van der Waals surface area (Å²) < 4.78 is 5.14. The smallest absolute Gasteiger partial charge is 0.121 e. The molecule has 0 aromatic heterocycles. The standard InChI is InChI=1S/C12H20N2O2/c1-12(2,6-7-15)14-11-8-9(16-3)4-5-10(11)13/h4-5,8,14-15H,6-7,13H2,1-3H3. The summed E-state index contributed by atoms with van der Waals surface area (Å²) >= 11 is 0. The molecule has 0 saturated heterocycles. The van der Waals surface area contributed by atoms with Crippen LogP contribution in [0.3, 0.4) is 0 Å². The van der Waals surface area contributed by atoms with Crippen LogP contribution >= 0.6 is 0 Å². The van der Waals surface area contributed by atoms with Gasteiger partial charge in [-0.2, -0.15) is 0 Å². The van der Waals surface area contributed by atoms with Crippen LogP contribution in [-0.2, 0) is 0 Å². The maximum absolute atomic E-state index is 8.95. The molecule has 0 heterocycles. The Morgan fingerprint density at radius 2 is 2.12 bits per heavy atom. The number of aliphatic hydroxyl groups excluding tert-OH is 1. The Kier molecular flexibility index (Phi) is 4.01. The number of benzene rings is 1. The first kappa shape index (κ1) is 12.6. The molecular weight excluding hydrogens is 204 g/mol. The molecule has 4 nitrogen and oxygen atoms in total. The van der Waals surface area contributed by atoms with Gasteiger partial charge in [0.05, 0.1) is 18.5 Å². The Morgan fingerprint density at radius 3 is 2.69 bits per heavy atom. The molecule has 0 saturated carbocycles. The largest absolute Gasteiger partial charge is 0.497 e. The minimum atomic E-state index is -0.199. The monoisotopic (exact) mass is 224 g/mol. The second-order valence-corrected chi connectivity index (χ2v) is 4.44. The second-order valence-electron chi connectivity index (χ2n) is 4.44. The van der Waals surface area contributed by atoms with E-state index in [0.717, 1.165) is 11.4 Å². The Bertz CT molecular complexity index is 351. The lowest BCUT2D eigenvalue weighted by Gasteiger charge is -2.27. The molecule has 4 N–H and O–H groups in total. The van der Waals surface area contributed by atoms with Crippen molar-refractivity contribution in [3.05, 3.63) is 18.2 Å². The van der Waals surface area contributed by atoms with Crippen molar-refractivity contribution in [1.82, 2.24) is 0 Å². The van der Waals surface area contributed by atoms with E-state index in [0.29, 0.717) is 12.1 Å². The van der Waals surface area contributed by atoms with E-state index in [2.05, 4.69) is 5.32 Å². The zero-order valence-electron chi connectivity index (χ0n) is 10.1. The van der Waals surface area contributed by atoms with Crippen LogP contribution in [0, 0.1) is 0 Å². The number of ether oxygens (including phenoxy) is 1. The third-order valence-electron chi connectivity index (χ3n) is 2.47. The Balaban J connectivity index is 2.87. The molecule has 4 heteroatoms. The number of nitrogen functional groups attached to an aromatic ring is 1. The SMILES string of the molecule is COc1ccc(N)c(NC(C)(C)CCO)c1. The maximum atomic E-state index is 8.95. The highest BCUT2D eigenvalue weighted by Crippen LogP contribution is 2.27. The predicted octanol–water partition coefficient (Wildman–Crippen LogP) is 1.85. The van der Waals surface area contributed by atoms with Crippen molar-refractivity contribution in [2.45, 2.75) is 25.8 Å². The van der Waals surface area contributed by atoms with Crippen LogP contribution in [0.1, 0.15) is 20.3 Å². The third kappa shape index (κ3) is 3.31. The number of hydrogen-bond donors (Lipinski definition) is 3. The maximum Gasteiger partial charge on any atom is 0.121 e. The Hall–Kier alpha value is -1.42. The van der Waals surface area contributed by atoms with E-state index in [9.17, 15) is 0 Å². The number of hydrogen-bond acceptors (Lipinski definition) is 4. The number of methoxy groups -OCH3 is 1. The van der Waals surface area contributed by atoms with Gasteiger partial charge in [-0.15, -0.1) is 0 Å². The summed E-state index contributed by atoms with van der Waals surface area (Å²) in [5, 5.41) is 12.3. The number of nitrogens with two attached hydrogens (primary N) is 1. The van der Waals surface area contributed by atoms with Crippen LogP contribution in [0.2, 0.25) is 0 Å². The Labute approximate surface area is 96.4 Å². The first-order chi connectivity index (χ1) is 7.48.